The third-order valence-corrected chi connectivity index (χ3v) is 5.21. The van der Waals surface area contributed by atoms with Gasteiger partial charge in [-0.15, -0.1) is 0 Å². The highest BCUT2D eigenvalue weighted by atomic mass is 16.3. The zero-order valence-electron chi connectivity index (χ0n) is 12.3. The zero-order chi connectivity index (χ0) is 13.0. The normalized spacial score (nSPS) is 41.8. The van der Waals surface area contributed by atoms with Crippen molar-refractivity contribution in [3.63, 3.8) is 0 Å². The Morgan fingerprint density at radius 2 is 1.89 bits per heavy atom. The standard InChI is InChI=1S/C16H31NO/c1-3-14-6-8-15(9-7-14)17-12-16(18)10-4-5-13(2)11-16/h13-15,17-18H,3-12H2,1-2H3. The molecule has 0 aromatic carbocycles. The Morgan fingerprint density at radius 3 is 2.50 bits per heavy atom. The highest BCUT2D eigenvalue weighted by molar-refractivity contribution is 4.89. The van der Waals surface area contributed by atoms with E-state index in [1.165, 1.54) is 44.9 Å². The average molecular weight is 253 g/mol. The minimum atomic E-state index is -0.417. The average Bonchev–Trinajstić information content (AvgIpc) is 2.37. The molecule has 18 heavy (non-hydrogen) atoms. The van der Waals surface area contributed by atoms with E-state index in [-0.39, 0.29) is 0 Å². The molecule has 0 aromatic heterocycles. The molecule has 0 amide bonds. The minimum absolute atomic E-state index is 0.417. The van der Waals surface area contributed by atoms with Gasteiger partial charge in [-0.05, 0) is 50.4 Å². The van der Waals surface area contributed by atoms with Crippen LogP contribution in [-0.2, 0) is 0 Å². The number of rotatable bonds is 4. The SMILES string of the molecule is CCC1CCC(NCC2(O)CCCC(C)C2)CC1. The fraction of sp³-hybridized carbons (Fsp3) is 1.00. The fourth-order valence-electron chi connectivity index (χ4n) is 3.90. The highest BCUT2D eigenvalue weighted by Crippen LogP contribution is 2.32. The first-order chi connectivity index (χ1) is 8.61. The molecular formula is C16H31NO. The van der Waals surface area contributed by atoms with E-state index in [0.29, 0.717) is 12.0 Å². The first-order valence-corrected chi connectivity index (χ1v) is 8.07. The molecule has 0 radical (unpaired) electrons. The van der Waals surface area contributed by atoms with Crippen molar-refractivity contribution in [2.75, 3.05) is 6.54 Å². The van der Waals surface area contributed by atoms with Gasteiger partial charge in [-0.2, -0.15) is 0 Å². The minimum Gasteiger partial charge on any atom is -0.389 e. The fourth-order valence-corrected chi connectivity index (χ4v) is 3.90. The Kier molecular flexibility index (Phi) is 5.08. The second-order valence-electron chi connectivity index (χ2n) is 6.93. The summed E-state index contributed by atoms with van der Waals surface area (Å²) in [7, 11) is 0. The van der Waals surface area contributed by atoms with E-state index in [1.54, 1.807) is 0 Å². The summed E-state index contributed by atoms with van der Waals surface area (Å²) >= 11 is 0. The molecule has 2 nitrogen and oxygen atoms in total. The van der Waals surface area contributed by atoms with Crippen LogP contribution in [0.15, 0.2) is 0 Å². The molecule has 2 heteroatoms. The predicted octanol–water partition coefficient (Wildman–Crippen LogP) is 3.49. The van der Waals surface area contributed by atoms with Crippen LogP contribution in [0.1, 0.15) is 71.6 Å². The monoisotopic (exact) mass is 253 g/mol. The van der Waals surface area contributed by atoms with Gasteiger partial charge < -0.3 is 10.4 Å². The van der Waals surface area contributed by atoms with Crippen molar-refractivity contribution >= 4 is 0 Å². The Hall–Kier alpha value is -0.0800. The maximum Gasteiger partial charge on any atom is 0.0774 e. The van der Waals surface area contributed by atoms with E-state index in [4.69, 9.17) is 0 Å². The van der Waals surface area contributed by atoms with Crippen molar-refractivity contribution in [3.8, 4) is 0 Å². The van der Waals surface area contributed by atoms with Crippen LogP contribution in [0.4, 0.5) is 0 Å². The molecule has 0 aromatic rings. The highest BCUT2D eigenvalue weighted by Gasteiger charge is 2.33. The number of hydrogen-bond acceptors (Lipinski definition) is 2. The molecule has 2 fully saturated rings. The van der Waals surface area contributed by atoms with Crippen LogP contribution >= 0.6 is 0 Å². The van der Waals surface area contributed by atoms with E-state index in [0.717, 1.165) is 25.3 Å². The van der Waals surface area contributed by atoms with Gasteiger partial charge in [0.2, 0.25) is 0 Å². The molecule has 2 unspecified atom stereocenters. The molecule has 0 heterocycles. The van der Waals surface area contributed by atoms with E-state index < -0.39 is 5.60 Å². The van der Waals surface area contributed by atoms with Gasteiger partial charge in [-0.25, -0.2) is 0 Å². The van der Waals surface area contributed by atoms with Gasteiger partial charge >= 0.3 is 0 Å². The van der Waals surface area contributed by atoms with E-state index in [9.17, 15) is 5.11 Å². The lowest BCUT2D eigenvalue weighted by Gasteiger charge is -2.38. The molecule has 2 aliphatic carbocycles. The lowest BCUT2D eigenvalue weighted by atomic mass is 9.78. The quantitative estimate of drug-likeness (QED) is 0.804. The molecule has 2 N–H and O–H groups in total. The molecule has 2 atom stereocenters. The van der Waals surface area contributed by atoms with E-state index in [1.807, 2.05) is 0 Å². The second-order valence-corrected chi connectivity index (χ2v) is 6.93. The van der Waals surface area contributed by atoms with Crippen molar-refractivity contribution in [1.82, 2.24) is 5.32 Å². The van der Waals surface area contributed by atoms with Gasteiger partial charge in [0, 0.05) is 12.6 Å². The molecule has 0 saturated heterocycles. The van der Waals surface area contributed by atoms with Crippen LogP contribution in [0.5, 0.6) is 0 Å². The Bertz CT molecular complexity index is 247. The number of aliphatic hydroxyl groups is 1. The first-order valence-electron chi connectivity index (χ1n) is 8.07. The molecule has 2 rings (SSSR count). The molecule has 0 bridgehead atoms. The molecule has 0 aliphatic heterocycles. The van der Waals surface area contributed by atoms with Crippen molar-refractivity contribution in [1.29, 1.82) is 0 Å². The topological polar surface area (TPSA) is 32.3 Å². The summed E-state index contributed by atoms with van der Waals surface area (Å²) in [4.78, 5) is 0. The third-order valence-electron chi connectivity index (χ3n) is 5.21. The molecule has 0 spiro atoms. The number of hydrogen-bond donors (Lipinski definition) is 2. The summed E-state index contributed by atoms with van der Waals surface area (Å²) in [6.07, 6.45) is 11.2. The first kappa shape index (κ1) is 14.3. The van der Waals surface area contributed by atoms with Crippen LogP contribution in [0.2, 0.25) is 0 Å². The summed E-state index contributed by atoms with van der Waals surface area (Å²) in [6.45, 7) is 5.40. The summed E-state index contributed by atoms with van der Waals surface area (Å²) in [5.74, 6) is 1.65. The van der Waals surface area contributed by atoms with Crippen molar-refractivity contribution in [2.24, 2.45) is 11.8 Å². The Labute approximate surface area is 113 Å². The maximum atomic E-state index is 10.6. The van der Waals surface area contributed by atoms with Crippen LogP contribution in [0.3, 0.4) is 0 Å². The van der Waals surface area contributed by atoms with Gasteiger partial charge in [0.15, 0.2) is 0 Å². The van der Waals surface area contributed by atoms with Crippen molar-refractivity contribution in [3.05, 3.63) is 0 Å². The van der Waals surface area contributed by atoms with Gasteiger partial charge in [-0.1, -0.05) is 33.1 Å². The lowest BCUT2D eigenvalue weighted by Crippen LogP contribution is -2.47. The summed E-state index contributed by atoms with van der Waals surface area (Å²) in [6, 6.07) is 0.661. The van der Waals surface area contributed by atoms with Gasteiger partial charge in [0.1, 0.15) is 0 Å². The summed E-state index contributed by atoms with van der Waals surface area (Å²) < 4.78 is 0. The molecule has 2 aliphatic rings. The molecular weight excluding hydrogens is 222 g/mol. The van der Waals surface area contributed by atoms with Crippen LogP contribution in [-0.4, -0.2) is 23.3 Å². The summed E-state index contributed by atoms with van der Waals surface area (Å²) in [5, 5.41) is 14.3. The van der Waals surface area contributed by atoms with E-state index >= 15 is 0 Å². The smallest absolute Gasteiger partial charge is 0.0774 e. The molecule has 2 saturated carbocycles. The number of nitrogens with one attached hydrogen (secondary N) is 1. The van der Waals surface area contributed by atoms with Crippen molar-refractivity contribution < 1.29 is 5.11 Å². The van der Waals surface area contributed by atoms with Gasteiger partial charge in [0.05, 0.1) is 5.60 Å². The second kappa shape index (κ2) is 6.38. The third kappa shape index (κ3) is 3.96. The zero-order valence-corrected chi connectivity index (χ0v) is 12.3. The van der Waals surface area contributed by atoms with Gasteiger partial charge in [0.25, 0.3) is 0 Å². The van der Waals surface area contributed by atoms with Crippen LogP contribution in [0, 0.1) is 11.8 Å². The predicted molar refractivity (Wildman–Crippen MR) is 76.6 cm³/mol. The largest absolute Gasteiger partial charge is 0.389 e. The van der Waals surface area contributed by atoms with Gasteiger partial charge in [-0.3, -0.25) is 0 Å². The maximum absolute atomic E-state index is 10.6. The lowest BCUT2D eigenvalue weighted by molar-refractivity contribution is -0.0148. The van der Waals surface area contributed by atoms with Crippen LogP contribution in [0.25, 0.3) is 0 Å². The summed E-state index contributed by atoms with van der Waals surface area (Å²) in [5.41, 5.74) is -0.417. The molecule has 106 valence electrons. The Balaban J connectivity index is 1.71. The van der Waals surface area contributed by atoms with Crippen molar-refractivity contribution in [2.45, 2.75) is 83.3 Å². The van der Waals surface area contributed by atoms with Crippen LogP contribution < -0.4 is 5.32 Å². The van der Waals surface area contributed by atoms with E-state index in [2.05, 4.69) is 19.2 Å². The Morgan fingerprint density at radius 1 is 1.17 bits per heavy atom.